The zero-order valence-corrected chi connectivity index (χ0v) is 8.79. The Labute approximate surface area is 79.9 Å². The van der Waals surface area contributed by atoms with Crippen LogP contribution in [0.3, 0.4) is 0 Å². The number of aryl methyl sites for hydroxylation is 2. The van der Waals surface area contributed by atoms with E-state index in [-0.39, 0.29) is 0 Å². The van der Waals surface area contributed by atoms with Crippen LogP contribution in [0, 0.1) is 0 Å². The molecule has 0 N–H and O–H groups in total. The van der Waals surface area contributed by atoms with Crippen molar-refractivity contribution in [1.82, 2.24) is 4.57 Å². The molecule has 0 fully saturated rings. The molecule has 0 aliphatic heterocycles. The third-order valence-corrected chi connectivity index (χ3v) is 2.30. The number of nitrogens with zero attached hydrogens (tertiary/aromatic N) is 2. The molecule has 0 aliphatic carbocycles. The van der Waals surface area contributed by atoms with Crippen molar-refractivity contribution < 1.29 is 9.30 Å². The van der Waals surface area contributed by atoms with E-state index in [1.165, 1.54) is 5.82 Å². The lowest BCUT2D eigenvalue weighted by molar-refractivity contribution is -0.700. The average Bonchev–Trinajstić information content (AvgIpc) is 2.56. The summed E-state index contributed by atoms with van der Waals surface area (Å²) >= 11 is 0. The van der Waals surface area contributed by atoms with Gasteiger partial charge in [-0.1, -0.05) is 0 Å². The van der Waals surface area contributed by atoms with Crippen molar-refractivity contribution in [3.63, 3.8) is 0 Å². The fourth-order valence-electron chi connectivity index (χ4n) is 1.55. The molecular weight excluding hydrogens is 164 g/mol. The van der Waals surface area contributed by atoms with Crippen LogP contribution >= 0.6 is 0 Å². The van der Waals surface area contributed by atoms with Crippen molar-refractivity contribution in [3.05, 3.63) is 18.2 Å². The summed E-state index contributed by atoms with van der Waals surface area (Å²) < 4.78 is 9.62. The summed E-state index contributed by atoms with van der Waals surface area (Å²) in [7, 11) is 1.75. The molecule has 1 aromatic heterocycles. The second-order valence-electron chi connectivity index (χ2n) is 3.03. The minimum Gasteiger partial charge on any atom is -0.384 e. The molecule has 3 heteroatoms. The monoisotopic (exact) mass is 183 g/mol. The first-order chi connectivity index (χ1) is 6.33. The number of rotatable bonds is 5. The van der Waals surface area contributed by atoms with E-state index in [1.54, 1.807) is 7.11 Å². The van der Waals surface area contributed by atoms with Crippen molar-refractivity contribution in [2.45, 2.75) is 33.4 Å². The van der Waals surface area contributed by atoms with Crippen LogP contribution in [0.4, 0.5) is 0 Å². The van der Waals surface area contributed by atoms with E-state index in [4.69, 9.17) is 4.74 Å². The van der Waals surface area contributed by atoms with Crippen molar-refractivity contribution >= 4 is 0 Å². The first-order valence-corrected chi connectivity index (χ1v) is 4.89. The quantitative estimate of drug-likeness (QED) is 0.623. The molecule has 74 valence electrons. The fraction of sp³-hybridized carbons (Fsp3) is 0.700. The van der Waals surface area contributed by atoms with Gasteiger partial charge in [0.05, 0.1) is 26.1 Å². The van der Waals surface area contributed by atoms with Crippen LogP contribution in [0.25, 0.3) is 0 Å². The summed E-state index contributed by atoms with van der Waals surface area (Å²) in [6.07, 6.45) is 5.26. The van der Waals surface area contributed by atoms with Gasteiger partial charge >= 0.3 is 0 Å². The van der Waals surface area contributed by atoms with E-state index < -0.39 is 0 Å². The van der Waals surface area contributed by atoms with E-state index in [9.17, 15) is 0 Å². The van der Waals surface area contributed by atoms with Crippen molar-refractivity contribution in [1.29, 1.82) is 0 Å². The van der Waals surface area contributed by atoms with Gasteiger partial charge < -0.3 is 4.74 Å². The van der Waals surface area contributed by atoms with Crippen molar-refractivity contribution in [3.8, 4) is 0 Å². The lowest BCUT2D eigenvalue weighted by atomic mass is 10.4. The summed E-state index contributed by atoms with van der Waals surface area (Å²) in [4.78, 5) is 0. The second-order valence-corrected chi connectivity index (χ2v) is 3.03. The minimum atomic E-state index is 0.796. The first-order valence-electron chi connectivity index (χ1n) is 4.89. The molecule has 0 aliphatic rings. The Balaban J connectivity index is 2.78. The third-order valence-electron chi connectivity index (χ3n) is 2.30. The van der Waals surface area contributed by atoms with Gasteiger partial charge in [-0.05, 0) is 13.8 Å². The molecule has 0 bridgehead atoms. The topological polar surface area (TPSA) is 18.0 Å². The molecule has 0 saturated heterocycles. The maximum atomic E-state index is 5.09. The van der Waals surface area contributed by atoms with Crippen LogP contribution in [-0.2, 0) is 24.2 Å². The average molecular weight is 183 g/mol. The van der Waals surface area contributed by atoms with Gasteiger partial charge in [0.15, 0.2) is 0 Å². The zero-order chi connectivity index (χ0) is 9.68. The zero-order valence-electron chi connectivity index (χ0n) is 8.79. The summed E-state index contributed by atoms with van der Waals surface area (Å²) in [5.74, 6) is 1.35. The van der Waals surface area contributed by atoms with Crippen molar-refractivity contribution in [2.75, 3.05) is 13.7 Å². The van der Waals surface area contributed by atoms with Crippen LogP contribution in [0.2, 0.25) is 0 Å². The summed E-state index contributed by atoms with van der Waals surface area (Å²) in [6, 6.07) is 0. The highest BCUT2D eigenvalue weighted by atomic mass is 16.5. The summed E-state index contributed by atoms with van der Waals surface area (Å²) in [6.45, 7) is 7.19. The van der Waals surface area contributed by atoms with Gasteiger partial charge in [0.1, 0.15) is 12.4 Å². The number of imidazole rings is 1. The molecule has 3 nitrogen and oxygen atoms in total. The Morgan fingerprint density at radius 3 is 2.77 bits per heavy atom. The third kappa shape index (κ3) is 2.31. The van der Waals surface area contributed by atoms with Gasteiger partial charge in [0.2, 0.25) is 0 Å². The number of aromatic nitrogens is 2. The molecule has 0 amide bonds. The lowest BCUT2D eigenvalue weighted by Gasteiger charge is -2.01. The van der Waals surface area contributed by atoms with Gasteiger partial charge in [-0.15, -0.1) is 0 Å². The number of methoxy groups -OCH3 is 1. The molecule has 0 aromatic carbocycles. The normalized spacial score (nSPS) is 10.7. The SMILES string of the molecule is CCn1cc[n+](CC)c1CCOC. The maximum absolute atomic E-state index is 5.09. The van der Waals surface area contributed by atoms with E-state index >= 15 is 0 Å². The summed E-state index contributed by atoms with van der Waals surface area (Å²) in [5.41, 5.74) is 0. The van der Waals surface area contributed by atoms with Crippen LogP contribution < -0.4 is 4.57 Å². The number of hydrogen-bond acceptors (Lipinski definition) is 1. The minimum absolute atomic E-state index is 0.796. The van der Waals surface area contributed by atoms with Crippen LogP contribution in [0.1, 0.15) is 19.7 Å². The molecular formula is C10H19N2O+. The van der Waals surface area contributed by atoms with Gasteiger partial charge in [0.25, 0.3) is 5.82 Å². The molecule has 1 heterocycles. The van der Waals surface area contributed by atoms with E-state index in [1.807, 2.05) is 0 Å². The second kappa shape index (κ2) is 5.02. The molecule has 0 radical (unpaired) electrons. The predicted molar refractivity (Wildman–Crippen MR) is 51.6 cm³/mol. The number of hydrogen-bond donors (Lipinski definition) is 0. The van der Waals surface area contributed by atoms with Crippen LogP contribution in [0.15, 0.2) is 12.4 Å². The molecule has 13 heavy (non-hydrogen) atoms. The van der Waals surface area contributed by atoms with Gasteiger partial charge in [-0.25, -0.2) is 9.13 Å². The maximum Gasteiger partial charge on any atom is 0.258 e. The highest BCUT2D eigenvalue weighted by molar-refractivity contribution is 4.83. The Kier molecular flexibility index (Phi) is 3.96. The van der Waals surface area contributed by atoms with Gasteiger partial charge in [-0.3, -0.25) is 0 Å². The lowest BCUT2D eigenvalue weighted by Crippen LogP contribution is -2.36. The Morgan fingerprint density at radius 2 is 2.23 bits per heavy atom. The molecule has 0 atom stereocenters. The fourth-order valence-corrected chi connectivity index (χ4v) is 1.55. The number of ether oxygens (including phenoxy) is 1. The van der Waals surface area contributed by atoms with E-state index in [0.29, 0.717) is 0 Å². The van der Waals surface area contributed by atoms with E-state index in [0.717, 1.165) is 26.1 Å². The Morgan fingerprint density at radius 1 is 1.46 bits per heavy atom. The summed E-state index contributed by atoms with van der Waals surface area (Å²) in [5, 5.41) is 0. The standard InChI is InChI=1S/C10H19N2O/c1-4-11-7-8-12(5-2)10(11)6-9-13-3/h7-8H,4-6,9H2,1-3H3/q+1. The first kappa shape index (κ1) is 10.3. The highest BCUT2D eigenvalue weighted by Crippen LogP contribution is 1.97. The molecule has 0 unspecified atom stereocenters. The predicted octanol–water partition coefficient (Wildman–Crippen LogP) is 1.00. The molecule has 1 aromatic rings. The van der Waals surface area contributed by atoms with Crippen molar-refractivity contribution in [2.24, 2.45) is 0 Å². The van der Waals surface area contributed by atoms with Crippen LogP contribution in [0.5, 0.6) is 0 Å². The Bertz CT molecular complexity index is 234. The van der Waals surface area contributed by atoms with Crippen LogP contribution in [-0.4, -0.2) is 18.3 Å². The van der Waals surface area contributed by atoms with Gasteiger partial charge in [-0.2, -0.15) is 0 Å². The Hall–Kier alpha value is -0.830. The van der Waals surface area contributed by atoms with Gasteiger partial charge in [0, 0.05) is 7.11 Å². The smallest absolute Gasteiger partial charge is 0.258 e. The molecule has 0 saturated carbocycles. The van der Waals surface area contributed by atoms with E-state index in [2.05, 4.69) is 35.4 Å². The molecule has 1 rings (SSSR count). The largest absolute Gasteiger partial charge is 0.384 e. The highest BCUT2D eigenvalue weighted by Gasteiger charge is 2.13. The molecule has 0 spiro atoms.